The summed E-state index contributed by atoms with van der Waals surface area (Å²) >= 11 is 0. The Labute approximate surface area is 186 Å². The minimum Gasteiger partial charge on any atom is -0.504 e. The molecule has 1 aliphatic heterocycles. The van der Waals surface area contributed by atoms with Crippen LogP contribution in [0.5, 0.6) is 11.5 Å². The van der Waals surface area contributed by atoms with Gasteiger partial charge in [-0.25, -0.2) is 4.98 Å². The molecule has 8 nitrogen and oxygen atoms in total. The number of nitrogens with zero attached hydrogens (tertiary/aromatic N) is 3. The van der Waals surface area contributed by atoms with E-state index in [9.17, 15) is 19.8 Å². The number of esters is 1. The smallest absolute Gasteiger partial charge is 0.321 e. The molecule has 32 heavy (non-hydrogen) atoms. The molecule has 2 N–H and O–H groups in total. The van der Waals surface area contributed by atoms with Gasteiger partial charge in [-0.05, 0) is 49.1 Å². The molecule has 4 rings (SSSR count). The molecular formula is C24H27N3O5. The predicted octanol–water partition coefficient (Wildman–Crippen LogP) is 3.61. The SMILES string of the molecule is CCOC(=O)C1C(=O)N(CCC(C)C)c2nc3ccccc3n2C1c1ccc(O)c(O)c1. The van der Waals surface area contributed by atoms with E-state index >= 15 is 0 Å². The average Bonchev–Trinajstić information content (AvgIpc) is 3.13. The van der Waals surface area contributed by atoms with Crippen LogP contribution in [0.3, 0.4) is 0 Å². The second-order valence-corrected chi connectivity index (χ2v) is 8.37. The van der Waals surface area contributed by atoms with Crippen molar-refractivity contribution in [3.63, 3.8) is 0 Å². The van der Waals surface area contributed by atoms with Crippen molar-refractivity contribution in [1.29, 1.82) is 0 Å². The van der Waals surface area contributed by atoms with Crippen molar-refractivity contribution in [1.82, 2.24) is 9.55 Å². The van der Waals surface area contributed by atoms with Crippen molar-refractivity contribution in [2.45, 2.75) is 33.2 Å². The zero-order valence-corrected chi connectivity index (χ0v) is 18.4. The van der Waals surface area contributed by atoms with E-state index < -0.39 is 17.9 Å². The number of para-hydroxylation sites is 2. The van der Waals surface area contributed by atoms with Gasteiger partial charge >= 0.3 is 5.97 Å². The number of aromatic hydroxyl groups is 2. The van der Waals surface area contributed by atoms with Gasteiger partial charge in [-0.3, -0.25) is 14.5 Å². The number of amides is 1. The molecule has 0 spiro atoms. The normalized spacial score (nSPS) is 18.2. The number of imidazole rings is 1. The van der Waals surface area contributed by atoms with Crippen LogP contribution in [0.2, 0.25) is 0 Å². The predicted molar refractivity (Wildman–Crippen MR) is 120 cm³/mol. The van der Waals surface area contributed by atoms with E-state index in [4.69, 9.17) is 9.72 Å². The number of benzene rings is 2. The van der Waals surface area contributed by atoms with Crippen LogP contribution >= 0.6 is 0 Å². The molecule has 2 aromatic carbocycles. The molecule has 1 amide bonds. The summed E-state index contributed by atoms with van der Waals surface area (Å²) in [4.78, 5) is 33.1. The van der Waals surface area contributed by atoms with Crippen molar-refractivity contribution in [3.8, 4) is 11.5 Å². The standard InChI is InChI=1S/C24H27N3O5/c1-4-32-23(31)20-21(15-9-10-18(28)19(29)13-15)27-17-8-6-5-7-16(17)25-24(27)26(22(20)30)12-11-14(2)3/h5-10,13-14,20-21,28-29H,4,11-12H2,1-3H3. The molecule has 1 aromatic heterocycles. The molecule has 8 heteroatoms. The van der Waals surface area contributed by atoms with Crippen LogP contribution < -0.4 is 4.90 Å². The number of carbonyl (C=O) groups excluding carboxylic acids is 2. The molecular weight excluding hydrogens is 410 g/mol. The number of phenolic OH excluding ortho intramolecular Hbond substituents is 2. The molecule has 168 valence electrons. The van der Waals surface area contributed by atoms with Crippen LogP contribution in [-0.4, -0.2) is 44.8 Å². The van der Waals surface area contributed by atoms with Gasteiger partial charge in [0.05, 0.1) is 23.7 Å². The lowest BCUT2D eigenvalue weighted by atomic mass is 9.89. The molecule has 1 aliphatic rings. The summed E-state index contributed by atoms with van der Waals surface area (Å²) in [7, 11) is 0. The summed E-state index contributed by atoms with van der Waals surface area (Å²) in [5, 5.41) is 20.0. The van der Waals surface area contributed by atoms with Crippen LogP contribution in [0, 0.1) is 11.8 Å². The molecule has 0 saturated carbocycles. The Kier molecular flexibility index (Phi) is 5.78. The molecule has 2 unspecified atom stereocenters. The van der Waals surface area contributed by atoms with E-state index in [-0.39, 0.29) is 24.0 Å². The Bertz CT molecular complexity index is 1170. The van der Waals surface area contributed by atoms with Gasteiger partial charge in [-0.15, -0.1) is 0 Å². The number of rotatable bonds is 6. The highest BCUT2D eigenvalue weighted by molar-refractivity contribution is 6.08. The Hall–Kier alpha value is -3.55. The highest BCUT2D eigenvalue weighted by atomic mass is 16.5. The summed E-state index contributed by atoms with van der Waals surface area (Å²) in [5.41, 5.74) is 1.96. The number of phenols is 2. The van der Waals surface area contributed by atoms with Crippen molar-refractivity contribution in [2.75, 3.05) is 18.1 Å². The lowest BCUT2D eigenvalue weighted by Crippen LogP contribution is -2.50. The van der Waals surface area contributed by atoms with Crippen molar-refractivity contribution in [2.24, 2.45) is 11.8 Å². The van der Waals surface area contributed by atoms with Crippen molar-refractivity contribution < 1.29 is 24.5 Å². The highest BCUT2D eigenvalue weighted by Crippen LogP contribution is 2.43. The maximum absolute atomic E-state index is 13.7. The first-order valence-corrected chi connectivity index (χ1v) is 10.8. The van der Waals surface area contributed by atoms with Gasteiger partial charge in [0.2, 0.25) is 11.9 Å². The Morgan fingerprint density at radius 2 is 1.91 bits per heavy atom. The second-order valence-electron chi connectivity index (χ2n) is 8.37. The molecule has 3 aromatic rings. The average molecular weight is 437 g/mol. The minimum atomic E-state index is -1.16. The fourth-order valence-electron chi connectivity index (χ4n) is 4.17. The summed E-state index contributed by atoms with van der Waals surface area (Å²) in [6, 6.07) is 11.0. The van der Waals surface area contributed by atoms with Crippen LogP contribution in [0.1, 0.15) is 38.8 Å². The van der Waals surface area contributed by atoms with Gasteiger partial charge in [-0.1, -0.05) is 32.0 Å². The van der Waals surface area contributed by atoms with Gasteiger partial charge in [0.15, 0.2) is 17.4 Å². The van der Waals surface area contributed by atoms with Crippen molar-refractivity contribution >= 4 is 28.9 Å². The monoisotopic (exact) mass is 437 g/mol. The van der Waals surface area contributed by atoms with E-state index in [1.807, 2.05) is 28.8 Å². The summed E-state index contributed by atoms with van der Waals surface area (Å²) < 4.78 is 7.17. The first-order chi connectivity index (χ1) is 15.3. The van der Waals surface area contributed by atoms with E-state index in [1.165, 1.54) is 12.1 Å². The maximum atomic E-state index is 13.7. The number of hydrogen-bond donors (Lipinski definition) is 2. The van der Waals surface area contributed by atoms with Gasteiger partial charge in [0, 0.05) is 6.54 Å². The van der Waals surface area contributed by atoms with Crippen LogP contribution in [0.25, 0.3) is 11.0 Å². The number of ether oxygens (including phenoxy) is 1. The summed E-state index contributed by atoms with van der Waals surface area (Å²) in [5.74, 6) is -1.97. The largest absolute Gasteiger partial charge is 0.504 e. The molecule has 0 bridgehead atoms. The Morgan fingerprint density at radius 3 is 2.59 bits per heavy atom. The molecule has 0 saturated heterocycles. The van der Waals surface area contributed by atoms with Crippen LogP contribution in [0.4, 0.5) is 5.95 Å². The van der Waals surface area contributed by atoms with E-state index in [2.05, 4.69) is 13.8 Å². The van der Waals surface area contributed by atoms with Gasteiger partial charge < -0.3 is 19.5 Å². The fraction of sp³-hybridized carbons (Fsp3) is 0.375. The zero-order chi connectivity index (χ0) is 23.0. The molecule has 2 heterocycles. The Balaban J connectivity index is 1.97. The first-order valence-electron chi connectivity index (χ1n) is 10.8. The Morgan fingerprint density at radius 1 is 1.16 bits per heavy atom. The number of hydrogen-bond acceptors (Lipinski definition) is 6. The zero-order valence-electron chi connectivity index (χ0n) is 18.4. The first kappa shape index (κ1) is 21.7. The van der Waals surface area contributed by atoms with Gasteiger partial charge in [-0.2, -0.15) is 0 Å². The second kappa shape index (κ2) is 8.53. The van der Waals surface area contributed by atoms with Crippen molar-refractivity contribution in [3.05, 3.63) is 48.0 Å². The van der Waals surface area contributed by atoms with Gasteiger partial charge in [0.1, 0.15) is 0 Å². The third kappa shape index (κ3) is 3.66. The van der Waals surface area contributed by atoms with Crippen LogP contribution in [0.15, 0.2) is 42.5 Å². The summed E-state index contributed by atoms with van der Waals surface area (Å²) in [6.07, 6.45) is 0.745. The third-order valence-corrected chi connectivity index (χ3v) is 5.76. The molecule has 0 fully saturated rings. The van der Waals surface area contributed by atoms with Crippen LogP contribution in [-0.2, 0) is 14.3 Å². The quantitative estimate of drug-likeness (QED) is 0.347. The lowest BCUT2D eigenvalue weighted by molar-refractivity contribution is -0.153. The fourth-order valence-corrected chi connectivity index (χ4v) is 4.17. The molecule has 2 atom stereocenters. The molecule has 0 aliphatic carbocycles. The maximum Gasteiger partial charge on any atom is 0.321 e. The topological polar surface area (TPSA) is 105 Å². The number of fused-ring (bicyclic) bond motifs is 3. The van der Waals surface area contributed by atoms with Gasteiger partial charge in [0.25, 0.3) is 0 Å². The number of aromatic nitrogens is 2. The third-order valence-electron chi connectivity index (χ3n) is 5.76. The van der Waals surface area contributed by atoms with E-state index in [0.29, 0.717) is 29.5 Å². The highest BCUT2D eigenvalue weighted by Gasteiger charge is 2.47. The van der Waals surface area contributed by atoms with E-state index in [1.54, 1.807) is 17.9 Å². The van der Waals surface area contributed by atoms with E-state index in [0.717, 1.165) is 11.9 Å². The molecule has 0 radical (unpaired) electrons. The lowest BCUT2D eigenvalue weighted by Gasteiger charge is -2.38. The summed E-state index contributed by atoms with van der Waals surface area (Å²) in [6.45, 7) is 6.40. The number of carbonyl (C=O) groups is 2. The number of anilines is 1. The minimum absolute atomic E-state index is 0.139.